The van der Waals surface area contributed by atoms with Crippen LogP contribution in [0.2, 0.25) is 5.02 Å². The predicted octanol–water partition coefficient (Wildman–Crippen LogP) is 5.75. The molecule has 2 aromatic carbocycles. The lowest BCUT2D eigenvalue weighted by atomic mass is 9.90. The highest BCUT2D eigenvalue weighted by Gasteiger charge is 2.24. The van der Waals surface area contributed by atoms with Crippen molar-refractivity contribution in [3.8, 4) is 0 Å². The van der Waals surface area contributed by atoms with Crippen molar-refractivity contribution in [2.24, 2.45) is 5.92 Å². The number of hydrogen-bond donors (Lipinski definition) is 1. The summed E-state index contributed by atoms with van der Waals surface area (Å²) in [5.41, 5.74) is 2.35. The fourth-order valence-corrected chi connectivity index (χ4v) is 4.60. The second-order valence-electron chi connectivity index (χ2n) is 7.55. The molecule has 0 bridgehead atoms. The molecule has 2 heterocycles. The van der Waals surface area contributed by atoms with E-state index in [0.717, 1.165) is 32.4 Å². The summed E-state index contributed by atoms with van der Waals surface area (Å²) < 4.78 is 0. The molecule has 0 radical (unpaired) electrons. The van der Waals surface area contributed by atoms with E-state index in [9.17, 15) is 9.59 Å². The third-order valence-electron chi connectivity index (χ3n) is 5.48. The van der Waals surface area contributed by atoms with Gasteiger partial charge in [-0.25, -0.2) is 0 Å². The lowest BCUT2D eigenvalue weighted by Crippen LogP contribution is -2.38. The Hall–Kier alpha value is -2.63. The number of likely N-dealkylation sites (tertiary alicyclic amines) is 1. The predicted molar refractivity (Wildman–Crippen MR) is 122 cm³/mol. The van der Waals surface area contributed by atoms with Crippen LogP contribution in [0.15, 0.2) is 66.0 Å². The molecule has 154 valence electrons. The van der Waals surface area contributed by atoms with Crippen LogP contribution in [0.1, 0.15) is 38.4 Å². The molecule has 1 saturated heterocycles. The zero-order valence-corrected chi connectivity index (χ0v) is 18.1. The van der Waals surface area contributed by atoms with Crippen LogP contribution < -0.4 is 5.32 Å². The van der Waals surface area contributed by atoms with Gasteiger partial charge in [0.05, 0.1) is 15.6 Å². The third kappa shape index (κ3) is 4.91. The van der Waals surface area contributed by atoms with E-state index in [1.54, 1.807) is 24.3 Å². The van der Waals surface area contributed by atoms with Crippen molar-refractivity contribution in [3.05, 3.63) is 87.1 Å². The van der Waals surface area contributed by atoms with E-state index in [0.29, 0.717) is 27.1 Å². The van der Waals surface area contributed by atoms with Gasteiger partial charge in [0, 0.05) is 18.7 Å². The summed E-state index contributed by atoms with van der Waals surface area (Å²) in [4.78, 5) is 27.9. The molecule has 0 spiro atoms. The summed E-state index contributed by atoms with van der Waals surface area (Å²) in [6.45, 7) is 1.49. The number of thiophene rings is 1. The normalized spacial score (nSPS) is 14.5. The average Bonchev–Trinajstić information content (AvgIpc) is 3.31. The van der Waals surface area contributed by atoms with Crippen molar-refractivity contribution < 1.29 is 9.59 Å². The SMILES string of the molecule is O=C(Nc1cc(C(=O)N2CCC(Cc3ccccc3)CC2)ccc1Cl)c1cccs1. The molecule has 4 nitrogen and oxygen atoms in total. The largest absolute Gasteiger partial charge is 0.339 e. The van der Waals surface area contributed by atoms with Gasteiger partial charge in [-0.05, 0) is 60.4 Å². The van der Waals surface area contributed by atoms with E-state index >= 15 is 0 Å². The molecule has 4 rings (SSSR count). The molecule has 30 heavy (non-hydrogen) atoms. The second-order valence-corrected chi connectivity index (χ2v) is 8.91. The molecular weight excluding hydrogens is 416 g/mol. The van der Waals surface area contributed by atoms with E-state index in [1.165, 1.54) is 16.9 Å². The molecule has 0 saturated carbocycles. The van der Waals surface area contributed by atoms with Gasteiger partial charge in [-0.1, -0.05) is 48.0 Å². The van der Waals surface area contributed by atoms with Crippen LogP contribution in [0.25, 0.3) is 0 Å². The maximum Gasteiger partial charge on any atom is 0.265 e. The van der Waals surface area contributed by atoms with Crippen molar-refractivity contribution in [1.82, 2.24) is 4.90 Å². The van der Waals surface area contributed by atoms with Gasteiger partial charge in [0.2, 0.25) is 0 Å². The van der Waals surface area contributed by atoms with E-state index < -0.39 is 0 Å². The van der Waals surface area contributed by atoms with Gasteiger partial charge in [0.15, 0.2) is 0 Å². The van der Waals surface area contributed by atoms with Crippen LogP contribution >= 0.6 is 22.9 Å². The monoisotopic (exact) mass is 438 g/mol. The first-order valence-electron chi connectivity index (χ1n) is 10.1. The van der Waals surface area contributed by atoms with Gasteiger partial charge >= 0.3 is 0 Å². The highest BCUT2D eigenvalue weighted by molar-refractivity contribution is 7.12. The number of carbonyl (C=O) groups is 2. The minimum Gasteiger partial charge on any atom is -0.339 e. The van der Waals surface area contributed by atoms with Gasteiger partial charge in [0.1, 0.15) is 0 Å². The molecule has 2 amide bonds. The molecule has 1 fully saturated rings. The number of piperidine rings is 1. The molecule has 0 unspecified atom stereocenters. The topological polar surface area (TPSA) is 49.4 Å². The lowest BCUT2D eigenvalue weighted by Gasteiger charge is -2.32. The fourth-order valence-electron chi connectivity index (χ4n) is 3.82. The number of rotatable bonds is 5. The maximum atomic E-state index is 13.0. The van der Waals surface area contributed by atoms with Crippen molar-refractivity contribution >= 4 is 40.4 Å². The highest BCUT2D eigenvalue weighted by Crippen LogP contribution is 2.27. The summed E-state index contributed by atoms with van der Waals surface area (Å²) in [6, 6.07) is 19.1. The van der Waals surface area contributed by atoms with Crippen LogP contribution in [0, 0.1) is 5.92 Å². The average molecular weight is 439 g/mol. The minimum absolute atomic E-state index is 0.0172. The summed E-state index contributed by atoms with van der Waals surface area (Å²) in [6.07, 6.45) is 3.05. The lowest BCUT2D eigenvalue weighted by molar-refractivity contribution is 0.0690. The zero-order chi connectivity index (χ0) is 20.9. The number of hydrogen-bond acceptors (Lipinski definition) is 3. The van der Waals surface area contributed by atoms with Crippen molar-refractivity contribution in [1.29, 1.82) is 0 Å². The highest BCUT2D eigenvalue weighted by atomic mass is 35.5. The Morgan fingerprint density at radius 2 is 1.80 bits per heavy atom. The maximum absolute atomic E-state index is 13.0. The van der Waals surface area contributed by atoms with E-state index in [1.807, 2.05) is 22.4 Å². The van der Waals surface area contributed by atoms with Crippen LogP contribution in [-0.2, 0) is 6.42 Å². The quantitative estimate of drug-likeness (QED) is 0.551. The smallest absolute Gasteiger partial charge is 0.265 e. The van der Waals surface area contributed by atoms with Crippen molar-refractivity contribution in [2.75, 3.05) is 18.4 Å². The molecule has 1 aromatic heterocycles. The van der Waals surface area contributed by atoms with Gasteiger partial charge < -0.3 is 10.2 Å². The molecule has 1 aliphatic rings. The van der Waals surface area contributed by atoms with Gasteiger partial charge in [-0.15, -0.1) is 11.3 Å². The Morgan fingerprint density at radius 1 is 1.03 bits per heavy atom. The Kier molecular flexibility index (Phi) is 6.50. The molecular formula is C24H23ClN2O2S. The Morgan fingerprint density at radius 3 is 2.50 bits per heavy atom. The number of benzene rings is 2. The van der Waals surface area contributed by atoms with Gasteiger partial charge in [0.25, 0.3) is 11.8 Å². The molecule has 6 heteroatoms. The van der Waals surface area contributed by atoms with Gasteiger partial charge in [-0.2, -0.15) is 0 Å². The number of nitrogens with one attached hydrogen (secondary N) is 1. The number of anilines is 1. The number of halogens is 1. The second kappa shape index (κ2) is 9.45. The summed E-state index contributed by atoms with van der Waals surface area (Å²) in [7, 11) is 0. The fraction of sp³-hybridized carbons (Fsp3) is 0.250. The van der Waals surface area contributed by atoms with Crippen molar-refractivity contribution in [3.63, 3.8) is 0 Å². The first kappa shape index (κ1) is 20.6. The van der Waals surface area contributed by atoms with Crippen LogP contribution in [0.4, 0.5) is 5.69 Å². The summed E-state index contributed by atoms with van der Waals surface area (Å²) in [5.74, 6) is 0.358. The molecule has 3 aromatic rings. The summed E-state index contributed by atoms with van der Waals surface area (Å²) in [5, 5.41) is 5.07. The molecule has 0 atom stereocenters. The summed E-state index contributed by atoms with van der Waals surface area (Å²) >= 11 is 7.61. The van der Waals surface area contributed by atoms with E-state index in [2.05, 4.69) is 29.6 Å². The molecule has 1 N–H and O–H groups in total. The van der Waals surface area contributed by atoms with E-state index in [-0.39, 0.29) is 11.8 Å². The number of nitrogens with zero attached hydrogens (tertiary/aromatic N) is 1. The van der Waals surface area contributed by atoms with Crippen LogP contribution in [0.5, 0.6) is 0 Å². The Bertz CT molecular complexity index is 1010. The van der Waals surface area contributed by atoms with E-state index in [4.69, 9.17) is 11.6 Å². The minimum atomic E-state index is -0.224. The third-order valence-corrected chi connectivity index (χ3v) is 6.67. The number of carbonyl (C=O) groups excluding carboxylic acids is 2. The molecule has 0 aliphatic carbocycles. The Labute approximate surface area is 185 Å². The van der Waals surface area contributed by atoms with Gasteiger partial charge in [-0.3, -0.25) is 9.59 Å². The Balaban J connectivity index is 1.38. The van der Waals surface area contributed by atoms with Crippen LogP contribution in [0.3, 0.4) is 0 Å². The van der Waals surface area contributed by atoms with Crippen LogP contribution in [-0.4, -0.2) is 29.8 Å². The van der Waals surface area contributed by atoms with Crippen molar-refractivity contribution in [2.45, 2.75) is 19.3 Å². The zero-order valence-electron chi connectivity index (χ0n) is 16.5. The first-order chi connectivity index (χ1) is 14.6. The molecule has 1 aliphatic heterocycles. The standard InChI is InChI=1S/C24H23ClN2O2S/c25-20-9-8-19(16-21(20)26-23(28)22-7-4-14-30-22)24(29)27-12-10-18(11-13-27)15-17-5-2-1-3-6-17/h1-9,14,16,18H,10-13,15H2,(H,26,28). The first-order valence-corrected chi connectivity index (χ1v) is 11.3. The number of amides is 2.